The first-order valence-electron chi connectivity index (χ1n) is 6.01. The van der Waals surface area contributed by atoms with Crippen molar-refractivity contribution in [3.63, 3.8) is 0 Å². The Hall–Kier alpha value is -2.62. The third kappa shape index (κ3) is 2.08. The number of fused-ring (bicyclic) bond motifs is 1. The van der Waals surface area contributed by atoms with E-state index in [9.17, 15) is 4.79 Å². The van der Waals surface area contributed by atoms with Crippen LogP contribution in [-0.4, -0.2) is 22.3 Å². The summed E-state index contributed by atoms with van der Waals surface area (Å²) in [6.45, 7) is 0. The zero-order chi connectivity index (χ0) is 13.2. The number of aromatic nitrogens is 2. The predicted molar refractivity (Wildman–Crippen MR) is 74.4 cm³/mol. The minimum absolute atomic E-state index is 0.0400. The molecule has 0 aliphatic carbocycles. The van der Waals surface area contributed by atoms with Crippen LogP contribution in [0.4, 0.5) is 5.69 Å². The fourth-order valence-corrected chi connectivity index (χ4v) is 2.01. The van der Waals surface area contributed by atoms with E-state index in [0.29, 0.717) is 5.56 Å². The quantitative estimate of drug-likeness (QED) is 0.702. The standard InChI is InChI=1S/C15H13N3O/c1-17(13-5-3-2-4-6-13)15(19)12-7-8-14-16-9-10-18(14)11-12/h2-11H,1H3. The van der Waals surface area contributed by atoms with Gasteiger partial charge in [-0.2, -0.15) is 0 Å². The second kappa shape index (κ2) is 4.57. The predicted octanol–water partition coefficient (Wildman–Crippen LogP) is 2.61. The Morgan fingerprint density at radius 2 is 1.95 bits per heavy atom. The zero-order valence-electron chi connectivity index (χ0n) is 10.5. The molecule has 2 aromatic heterocycles. The molecule has 0 unspecified atom stereocenters. The van der Waals surface area contributed by atoms with Crippen molar-refractivity contribution in [2.45, 2.75) is 0 Å². The highest BCUT2D eigenvalue weighted by Gasteiger charge is 2.13. The largest absolute Gasteiger partial charge is 0.311 e. The number of benzene rings is 1. The van der Waals surface area contributed by atoms with Gasteiger partial charge in [-0.15, -0.1) is 0 Å². The van der Waals surface area contributed by atoms with Gasteiger partial charge in [-0.3, -0.25) is 4.79 Å². The molecule has 0 bridgehead atoms. The lowest BCUT2D eigenvalue weighted by Crippen LogP contribution is -2.26. The van der Waals surface area contributed by atoms with Gasteiger partial charge in [0.25, 0.3) is 5.91 Å². The summed E-state index contributed by atoms with van der Waals surface area (Å²) in [6.07, 6.45) is 5.34. The van der Waals surface area contributed by atoms with Gasteiger partial charge in [0.1, 0.15) is 5.65 Å². The van der Waals surface area contributed by atoms with Gasteiger partial charge < -0.3 is 9.30 Å². The first-order valence-corrected chi connectivity index (χ1v) is 6.01. The van der Waals surface area contributed by atoms with Crippen LogP contribution in [0.25, 0.3) is 5.65 Å². The first kappa shape index (κ1) is 11.5. The molecule has 4 heteroatoms. The monoisotopic (exact) mass is 251 g/mol. The molecule has 0 aliphatic rings. The van der Waals surface area contributed by atoms with Crippen LogP contribution in [-0.2, 0) is 0 Å². The van der Waals surface area contributed by atoms with E-state index in [1.54, 1.807) is 30.4 Å². The van der Waals surface area contributed by atoms with E-state index < -0.39 is 0 Å². The van der Waals surface area contributed by atoms with Crippen LogP contribution in [0, 0.1) is 0 Å². The molecule has 0 aliphatic heterocycles. The smallest absolute Gasteiger partial charge is 0.259 e. The zero-order valence-corrected chi connectivity index (χ0v) is 10.5. The number of amides is 1. The van der Waals surface area contributed by atoms with Crippen LogP contribution >= 0.6 is 0 Å². The number of rotatable bonds is 2. The molecule has 3 rings (SSSR count). The lowest BCUT2D eigenvalue weighted by Gasteiger charge is -2.17. The van der Waals surface area contributed by atoms with Crippen LogP contribution in [0.3, 0.4) is 0 Å². The van der Waals surface area contributed by atoms with E-state index in [1.165, 1.54) is 0 Å². The molecular formula is C15H13N3O. The molecule has 0 saturated carbocycles. The third-order valence-corrected chi connectivity index (χ3v) is 3.08. The van der Waals surface area contributed by atoms with Gasteiger partial charge in [0.2, 0.25) is 0 Å². The number of para-hydroxylation sites is 1. The van der Waals surface area contributed by atoms with Gasteiger partial charge in [-0.05, 0) is 24.3 Å². The molecule has 1 aromatic carbocycles. The summed E-state index contributed by atoms with van der Waals surface area (Å²) in [5, 5.41) is 0. The SMILES string of the molecule is CN(C(=O)c1ccc2nccn2c1)c1ccccc1. The number of carbonyl (C=O) groups excluding carboxylic acids is 1. The molecule has 0 N–H and O–H groups in total. The van der Waals surface area contributed by atoms with E-state index in [4.69, 9.17) is 0 Å². The van der Waals surface area contributed by atoms with Gasteiger partial charge in [0.05, 0.1) is 5.56 Å². The Morgan fingerprint density at radius 1 is 1.16 bits per heavy atom. The average molecular weight is 251 g/mol. The van der Waals surface area contributed by atoms with Gasteiger partial charge in [0, 0.05) is 31.3 Å². The highest BCUT2D eigenvalue weighted by Crippen LogP contribution is 2.15. The topological polar surface area (TPSA) is 37.6 Å². The summed E-state index contributed by atoms with van der Waals surface area (Å²) in [6, 6.07) is 13.2. The van der Waals surface area contributed by atoms with Crippen LogP contribution in [0.5, 0.6) is 0 Å². The van der Waals surface area contributed by atoms with E-state index in [1.807, 2.05) is 47.0 Å². The summed E-state index contributed by atoms with van der Waals surface area (Å²) in [4.78, 5) is 18.2. The molecule has 0 saturated heterocycles. The van der Waals surface area contributed by atoms with E-state index in [2.05, 4.69) is 4.98 Å². The molecular weight excluding hydrogens is 238 g/mol. The van der Waals surface area contributed by atoms with Crippen LogP contribution < -0.4 is 4.90 Å². The lowest BCUT2D eigenvalue weighted by molar-refractivity contribution is 0.0992. The van der Waals surface area contributed by atoms with Crippen molar-refractivity contribution in [2.24, 2.45) is 0 Å². The maximum absolute atomic E-state index is 12.4. The van der Waals surface area contributed by atoms with Crippen LogP contribution in [0.15, 0.2) is 61.1 Å². The van der Waals surface area contributed by atoms with Crippen molar-refractivity contribution in [1.82, 2.24) is 9.38 Å². The summed E-state index contributed by atoms with van der Waals surface area (Å²) in [5.41, 5.74) is 2.34. The molecule has 0 fully saturated rings. The van der Waals surface area contributed by atoms with Gasteiger partial charge in [-0.25, -0.2) is 4.98 Å². The van der Waals surface area contributed by atoms with E-state index in [-0.39, 0.29) is 5.91 Å². The van der Waals surface area contributed by atoms with Gasteiger partial charge >= 0.3 is 0 Å². The van der Waals surface area contributed by atoms with Crippen LogP contribution in [0.2, 0.25) is 0 Å². The van der Waals surface area contributed by atoms with Crippen molar-refractivity contribution in [1.29, 1.82) is 0 Å². The fraction of sp³-hybridized carbons (Fsp3) is 0.0667. The number of pyridine rings is 1. The molecule has 19 heavy (non-hydrogen) atoms. The van der Waals surface area contributed by atoms with E-state index in [0.717, 1.165) is 11.3 Å². The highest BCUT2D eigenvalue weighted by molar-refractivity contribution is 6.05. The number of hydrogen-bond acceptors (Lipinski definition) is 2. The minimum Gasteiger partial charge on any atom is -0.311 e. The number of imidazole rings is 1. The Kier molecular flexibility index (Phi) is 2.76. The Bertz CT molecular complexity index is 718. The van der Waals surface area contributed by atoms with Crippen molar-refractivity contribution in [3.8, 4) is 0 Å². The van der Waals surface area contributed by atoms with Crippen molar-refractivity contribution < 1.29 is 4.79 Å². The first-order chi connectivity index (χ1) is 9.25. The number of nitrogens with zero attached hydrogens (tertiary/aromatic N) is 3. The van der Waals surface area contributed by atoms with Crippen molar-refractivity contribution >= 4 is 17.2 Å². The molecule has 0 spiro atoms. The molecule has 3 aromatic rings. The summed E-state index contributed by atoms with van der Waals surface area (Å²) in [7, 11) is 1.77. The minimum atomic E-state index is -0.0400. The average Bonchev–Trinajstić information content (AvgIpc) is 2.94. The second-order valence-electron chi connectivity index (χ2n) is 4.31. The van der Waals surface area contributed by atoms with Crippen LogP contribution in [0.1, 0.15) is 10.4 Å². The summed E-state index contributed by atoms with van der Waals surface area (Å²) >= 11 is 0. The second-order valence-corrected chi connectivity index (χ2v) is 4.31. The summed E-state index contributed by atoms with van der Waals surface area (Å²) < 4.78 is 1.84. The van der Waals surface area contributed by atoms with E-state index >= 15 is 0 Å². The number of hydrogen-bond donors (Lipinski definition) is 0. The molecule has 94 valence electrons. The molecule has 0 atom stereocenters. The highest BCUT2D eigenvalue weighted by atomic mass is 16.2. The lowest BCUT2D eigenvalue weighted by atomic mass is 10.2. The number of carbonyl (C=O) groups is 1. The normalized spacial score (nSPS) is 10.6. The number of anilines is 1. The molecule has 1 amide bonds. The fourth-order valence-electron chi connectivity index (χ4n) is 2.01. The Labute approximate surface area is 110 Å². The van der Waals surface area contributed by atoms with Gasteiger partial charge in [0.15, 0.2) is 0 Å². The third-order valence-electron chi connectivity index (χ3n) is 3.08. The Morgan fingerprint density at radius 3 is 2.74 bits per heavy atom. The summed E-state index contributed by atoms with van der Waals surface area (Å²) in [5.74, 6) is -0.0400. The molecule has 0 radical (unpaired) electrons. The Balaban J connectivity index is 1.95. The van der Waals surface area contributed by atoms with Gasteiger partial charge in [-0.1, -0.05) is 18.2 Å². The van der Waals surface area contributed by atoms with Crippen molar-refractivity contribution in [3.05, 3.63) is 66.6 Å². The molecule has 2 heterocycles. The molecule has 4 nitrogen and oxygen atoms in total. The maximum atomic E-state index is 12.4. The maximum Gasteiger partial charge on any atom is 0.259 e. The van der Waals surface area contributed by atoms with Crippen molar-refractivity contribution in [2.75, 3.05) is 11.9 Å².